The van der Waals surface area contributed by atoms with Crippen LogP contribution in [0.4, 0.5) is 0 Å². The first-order valence-electron chi connectivity index (χ1n) is 8.50. The van der Waals surface area contributed by atoms with Crippen LogP contribution in [0.2, 0.25) is 0 Å². The molecule has 1 N–H and O–H groups in total. The molecule has 5 nitrogen and oxygen atoms in total. The lowest BCUT2D eigenvalue weighted by Gasteiger charge is -2.28. The number of carbonyl (C=O) groups is 1. The topological polar surface area (TPSA) is 62.7 Å². The Labute approximate surface area is 149 Å². The van der Waals surface area contributed by atoms with Crippen LogP contribution in [0.25, 0.3) is 0 Å². The zero-order chi connectivity index (χ0) is 18.4. The fraction of sp³-hybridized carbons (Fsp3) is 0.400. The lowest BCUT2D eigenvalue weighted by molar-refractivity contribution is 0.0578. The van der Waals surface area contributed by atoms with Crippen LogP contribution < -0.4 is 4.74 Å². The number of ether oxygens (including phenoxy) is 1. The van der Waals surface area contributed by atoms with Crippen LogP contribution in [-0.4, -0.2) is 39.6 Å². The average Bonchev–Trinajstić information content (AvgIpc) is 2.58. The van der Waals surface area contributed by atoms with E-state index < -0.39 is 6.10 Å². The van der Waals surface area contributed by atoms with Crippen molar-refractivity contribution in [3.05, 3.63) is 59.4 Å². The molecule has 0 bridgehead atoms. The highest BCUT2D eigenvalue weighted by molar-refractivity contribution is 5.94. The van der Waals surface area contributed by atoms with Crippen LogP contribution in [0.5, 0.6) is 5.75 Å². The summed E-state index contributed by atoms with van der Waals surface area (Å²) in [7, 11) is 0. The fourth-order valence-electron chi connectivity index (χ4n) is 2.48. The third-order valence-corrected chi connectivity index (χ3v) is 3.81. The second kappa shape index (κ2) is 8.62. The molecular weight excluding hydrogens is 316 g/mol. The summed E-state index contributed by atoms with van der Waals surface area (Å²) in [5.74, 6) is 0.606. The summed E-state index contributed by atoms with van der Waals surface area (Å²) in [5.41, 5.74) is 2.44. The van der Waals surface area contributed by atoms with E-state index in [9.17, 15) is 9.90 Å². The Hall–Kier alpha value is -2.40. The van der Waals surface area contributed by atoms with Gasteiger partial charge in [-0.3, -0.25) is 9.78 Å². The molecule has 1 heterocycles. The van der Waals surface area contributed by atoms with Gasteiger partial charge >= 0.3 is 0 Å². The highest BCUT2D eigenvalue weighted by Crippen LogP contribution is 2.15. The lowest BCUT2D eigenvalue weighted by atomic mass is 10.1. The zero-order valence-electron chi connectivity index (χ0n) is 15.3. The Morgan fingerprint density at radius 3 is 2.60 bits per heavy atom. The van der Waals surface area contributed by atoms with Gasteiger partial charge in [-0.2, -0.15) is 0 Å². The number of rotatable bonds is 7. The highest BCUT2D eigenvalue weighted by atomic mass is 16.5. The molecule has 5 heteroatoms. The van der Waals surface area contributed by atoms with Gasteiger partial charge in [0, 0.05) is 23.8 Å². The number of benzene rings is 1. The number of aromatic nitrogens is 1. The van der Waals surface area contributed by atoms with Gasteiger partial charge in [0.25, 0.3) is 5.91 Å². The molecule has 0 spiro atoms. The standard InChI is InChI=1S/C20H26N2O3/c1-14(2)22(12-16(4)23)20(24)18-7-5-6-17(10-18)13-25-19-9-8-15(3)21-11-19/h5-11,14,16,23H,12-13H2,1-4H3. The van der Waals surface area contributed by atoms with E-state index in [1.54, 1.807) is 24.1 Å². The number of hydrogen-bond acceptors (Lipinski definition) is 4. The Kier molecular flexibility index (Phi) is 6.53. The molecule has 0 aliphatic rings. The van der Waals surface area contributed by atoms with Crippen molar-refractivity contribution < 1.29 is 14.6 Å². The second-order valence-electron chi connectivity index (χ2n) is 6.52. The molecule has 1 unspecified atom stereocenters. The van der Waals surface area contributed by atoms with Crippen molar-refractivity contribution in [1.29, 1.82) is 0 Å². The van der Waals surface area contributed by atoms with Crippen molar-refractivity contribution >= 4 is 5.91 Å². The van der Waals surface area contributed by atoms with Gasteiger partial charge in [0.1, 0.15) is 12.4 Å². The fourth-order valence-corrected chi connectivity index (χ4v) is 2.48. The number of nitrogens with zero attached hydrogens (tertiary/aromatic N) is 2. The Morgan fingerprint density at radius 2 is 2.00 bits per heavy atom. The quantitative estimate of drug-likeness (QED) is 0.839. The smallest absolute Gasteiger partial charge is 0.254 e. The van der Waals surface area contributed by atoms with Crippen LogP contribution in [0.1, 0.15) is 42.4 Å². The summed E-state index contributed by atoms with van der Waals surface area (Å²) in [4.78, 5) is 18.6. The number of pyridine rings is 1. The average molecular weight is 342 g/mol. The molecule has 2 rings (SSSR count). The Balaban J connectivity index is 2.08. The molecule has 1 aromatic heterocycles. The third kappa shape index (κ3) is 5.57. The molecule has 0 radical (unpaired) electrons. The van der Waals surface area contributed by atoms with Crippen molar-refractivity contribution in [2.24, 2.45) is 0 Å². The van der Waals surface area contributed by atoms with E-state index >= 15 is 0 Å². The van der Waals surface area contributed by atoms with Crippen molar-refractivity contribution in [2.75, 3.05) is 6.54 Å². The van der Waals surface area contributed by atoms with E-state index in [0.717, 1.165) is 11.3 Å². The zero-order valence-corrected chi connectivity index (χ0v) is 15.3. The van der Waals surface area contributed by atoms with Crippen LogP contribution in [0, 0.1) is 6.92 Å². The van der Waals surface area contributed by atoms with Crippen molar-refractivity contribution in [3.63, 3.8) is 0 Å². The van der Waals surface area contributed by atoms with E-state index in [1.807, 2.05) is 51.1 Å². The largest absolute Gasteiger partial charge is 0.487 e. The maximum Gasteiger partial charge on any atom is 0.254 e. The van der Waals surface area contributed by atoms with Crippen LogP contribution in [0.15, 0.2) is 42.6 Å². The van der Waals surface area contributed by atoms with Gasteiger partial charge in [-0.25, -0.2) is 0 Å². The number of hydrogen-bond donors (Lipinski definition) is 1. The summed E-state index contributed by atoms with van der Waals surface area (Å²) in [6, 6.07) is 11.2. The molecule has 2 aromatic rings. The molecule has 25 heavy (non-hydrogen) atoms. The van der Waals surface area contributed by atoms with Crippen LogP contribution in [-0.2, 0) is 6.61 Å². The third-order valence-electron chi connectivity index (χ3n) is 3.81. The number of carbonyl (C=O) groups excluding carboxylic acids is 1. The summed E-state index contributed by atoms with van der Waals surface area (Å²) < 4.78 is 5.73. The molecule has 134 valence electrons. The number of aryl methyl sites for hydroxylation is 1. The maximum atomic E-state index is 12.7. The molecule has 0 saturated heterocycles. The predicted molar refractivity (Wildman–Crippen MR) is 97.6 cm³/mol. The molecule has 0 aliphatic heterocycles. The van der Waals surface area contributed by atoms with E-state index in [4.69, 9.17) is 4.74 Å². The number of amides is 1. The van der Waals surface area contributed by atoms with Crippen LogP contribution in [0.3, 0.4) is 0 Å². The molecule has 1 aromatic carbocycles. The summed E-state index contributed by atoms with van der Waals surface area (Å²) >= 11 is 0. The van der Waals surface area contributed by atoms with Gasteiger partial charge in [-0.1, -0.05) is 12.1 Å². The molecule has 0 saturated carbocycles. The van der Waals surface area contributed by atoms with Crippen molar-refractivity contribution in [1.82, 2.24) is 9.88 Å². The second-order valence-corrected chi connectivity index (χ2v) is 6.52. The summed E-state index contributed by atoms with van der Waals surface area (Å²) in [5, 5.41) is 9.63. The molecule has 0 aliphatic carbocycles. The van der Waals surface area contributed by atoms with Crippen LogP contribution >= 0.6 is 0 Å². The minimum atomic E-state index is -0.563. The molecular formula is C20H26N2O3. The van der Waals surface area contributed by atoms with E-state index in [2.05, 4.69) is 4.98 Å². The number of aliphatic hydroxyl groups excluding tert-OH is 1. The molecule has 0 fully saturated rings. The minimum absolute atomic E-state index is 0.0145. The summed E-state index contributed by atoms with van der Waals surface area (Å²) in [6.45, 7) is 8.17. The highest BCUT2D eigenvalue weighted by Gasteiger charge is 2.20. The van der Waals surface area contributed by atoms with E-state index in [0.29, 0.717) is 24.5 Å². The first-order valence-corrected chi connectivity index (χ1v) is 8.50. The first kappa shape index (κ1) is 18.9. The predicted octanol–water partition coefficient (Wildman–Crippen LogP) is 3.20. The van der Waals surface area contributed by atoms with E-state index in [1.165, 1.54) is 0 Å². The van der Waals surface area contributed by atoms with Gasteiger partial charge in [-0.15, -0.1) is 0 Å². The molecule has 1 amide bonds. The van der Waals surface area contributed by atoms with Crippen molar-refractivity contribution in [3.8, 4) is 5.75 Å². The SMILES string of the molecule is Cc1ccc(OCc2cccc(C(=O)N(CC(C)O)C(C)C)c2)cn1. The Bertz CT molecular complexity index is 696. The van der Waals surface area contributed by atoms with Gasteiger partial charge < -0.3 is 14.7 Å². The van der Waals surface area contributed by atoms with E-state index in [-0.39, 0.29) is 11.9 Å². The van der Waals surface area contributed by atoms with Gasteiger partial charge in [0.05, 0.1) is 12.3 Å². The van der Waals surface area contributed by atoms with Gasteiger partial charge in [0.15, 0.2) is 0 Å². The molecule has 1 atom stereocenters. The van der Waals surface area contributed by atoms with Crippen molar-refractivity contribution in [2.45, 2.75) is 46.4 Å². The Morgan fingerprint density at radius 1 is 1.24 bits per heavy atom. The normalized spacial score (nSPS) is 12.1. The minimum Gasteiger partial charge on any atom is -0.487 e. The van der Waals surface area contributed by atoms with Gasteiger partial charge in [-0.05, 0) is 57.5 Å². The monoisotopic (exact) mass is 342 g/mol. The number of aliphatic hydroxyl groups is 1. The summed E-state index contributed by atoms with van der Waals surface area (Å²) in [6.07, 6.45) is 1.12. The first-order chi connectivity index (χ1) is 11.9. The lowest BCUT2D eigenvalue weighted by Crippen LogP contribution is -2.41. The van der Waals surface area contributed by atoms with Gasteiger partial charge in [0.2, 0.25) is 0 Å². The maximum absolute atomic E-state index is 12.7.